The van der Waals surface area contributed by atoms with E-state index in [1.807, 2.05) is 24.0 Å². The van der Waals surface area contributed by atoms with E-state index >= 15 is 0 Å². The maximum Gasteiger partial charge on any atom is 0.321 e. The van der Waals surface area contributed by atoms with Crippen LogP contribution in [0.3, 0.4) is 0 Å². The first-order valence-electron chi connectivity index (χ1n) is 12.2. The van der Waals surface area contributed by atoms with Crippen LogP contribution < -0.4 is 10.1 Å². The number of likely N-dealkylation sites (tertiary alicyclic amines) is 1. The zero-order valence-electron chi connectivity index (χ0n) is 20.4. The Hall–Kier alpha value is -2.82. The Morgan fingerprint density at radius 3 is 2.70 bits per heavy atom. The number of hydrogen-bond acceptors (Lipinski definition) is 3. The summed E-state index contributed by atoms with van der Waals surface area (Å²) in [5.74, 6) is 1.27. The minimum atomic E-state index is -0.0578. The van der Waals surface area contributed by atoms with Crippen LogP contribution in [0.1, 0.15) is 64.1 Å². The lowest BCUT2D eigenvalue weighted by atomic mass is 9.76. The molecule has 1 saturated heterocycles. The maximum atomic E-state index is 12.7. The Balaban J connectivity index is 1.34. The molecule has 1 N–H and O–H groups in total. The van der Waals surface area contributed by atoms with E-state index in [2.05, 4.69) is 61.4 Å². The number of hydrogen-bond donors (Lipinski definition) is 1. The van der Waals surface area contributed by atoms with Crippen LogP contribution in [0.25, 0.3) is 6.08 Å². The minimum absolute atomic E-state index is 0.0578. The molecule has 1 atom stereocenters. The number of ether oxygens (including phenoxy) is 1. The highest BCUT2D eigenvalue weighted by atomic mass is 16.5. The molecule has 1 aliphatic heterocycles. The lowest BCUT2D eigenvalue weighted by molar-refractivity contribution is 0.0987. The fraction of sp³-hybridized carbons (Fsp3) is 0.500. The summed E-state index contributed by atoms with van der Waals surface area (Å²) in [7, 11) is 0. The number of benzene rings is 1. The average molecular weight is 448 g/mol. The van der Waals surface area contributed by atoms with Crippen LogP contribution in [0.15, 0.2) is 48.2 Å². The van der Waals surface area contributed by atoms with E-state index in [9.17, 15) is 4.79 Å². The lowest BCUT2D eigenvalue weighted by Crippen LogP contribution is -2.42. The highest BCUT2D eigenvalue weighted by Crippen LogP contribution is 2.36. The van der Waals surface area contributed by atoms with Gasteiger partial charge in [0, 0.05) is 18.8 Å². The molecule has 0 spiro atoms. The third-order valence-electron chi connectivity index (χ3n) is 7.05. The van der Waals surface area contributed by atoms with Crippen molar-refractivity contribution < 1.29 is 9.53 Å². The molecule has 5 heteroatoms. The van der Waals surface area contributed by atoms with Crippen LogP contribution >= 0.6 is 0 Å². The topological polar surface area (TPSA) is 54.5 Å². The standard InChI is InChI=1S/C28H37N3O2/c1-20-19-31(27(32)30-24-9-8-21(2)29-18-24)15-12-23(20)16-22-6-5-7-26(17-22)33-25-10-13-28(3,4)14-11-25/h5-9,16-18,20,25H,10-15,19H2,1-4H3,(H,30,32). The van der Waals surface area contributed by atoms with Gasteiger partial charge in [-0.3, -0.25) is 4.98 Å². The number of piperidine rings is 1. The fourth-order valence-electron chi connectivity index (χ4n) is 4.77. The minimum Gasteiger partial charge on any atom is -0.490 e. The zero-order chi connectivity index (χ0) is 23.4. The highest BCUT2D eigenvalue weighted by molar-refractivity contribution is 5.89. The van der Waals surface area contributed by atoms with E-state index in [0.717, 1.165) is 42.9 Å². The predicted molar refractivity (Wildman–Crippen MR) is 134 cm³/mol. The van der Waals surface area contributed by atoms with Gasteiger partial charge in [-0.15, -0.1) is 0 Å². The van der Waals surface area contributed by atoms with Crippen molar-refractivity contribution in [3.8, 4) is 5.75 Å². The van der Waals surface area contributed by atoms with Gasteiger partial charge in [0.15, 0.2) is 0 Å². The van der Waals surface area contributed by atoms with Gasteiger partial charge in [-0.2, -0.15) is 0 Å². The van der Waals surface area contributed by atoms with Crippen molar-refractivity contribution in [2.75, 3.05) is 18.4 Å². The summed E-state index contributed by atoms with van der Waals surface area (Å²) >= 11 is 0. The summed E-state index contributed by atoms with van der Waals surface area (Å²) in [6.07, 6.45) is 9.90. The zero-order valence-corrected chi connectivity index (χ0v) is 20.4. The van der Waals surface area contributed by atoms with Crippen molar-refractivity contribution in [3.63, 3.8) is 0 Å². The summed E-state index contributed by atoms with van der Waals surface area (Å²) in [6.45, 7) is 10.3. The average Bonchev–Trinajstić information content (AvgIpc) is 2.78. The fourth-order valence-corrected chi connectivity index (χ4v) is 4.77. The summed E-state index contributed by atoms with van der Waals surface area (Å²) in [4.78, 5) is 18.8. The molecule has 2 amide bonds. The van der Waals surface area contributed by atoms with Crippen molar-refractivity contribution in [1.29, 1.82) is 0 Å². The first kappa shape index (κ1) is 23.3. The second-order valence-corrected chi connectivity index (χ2v) is 10.5. The van der Waals surface area contributed by atoms with E-state index in [0.29, 0.717) is 24.0 Å². The van der Waals surface area contributed by atoms with Gasteiger partial charge in [-0.25, -0.2) is 4.79 Å². The number of urea groups is 1. The Morgan fingerprint density at radius 2 is 2.00 bits per heavy atom. The van der Waals surface area contributed by atoms with Gasteiger partial charge in [-0.1, -0.05) is 44.6 Å². The number of carbonyl (C=O) groups excluding carboxylic acids is 1. The van der Waals surface area contributed by atoms with E-state index < -0.39 is 0 Å². The second kappa shape index (κ2) is 9.98. The van der Waals surface area contributed by atoms with E-state index in [1.165, 1.54) is 24.0 Å². The number of rotatable bonds is 4. The lowest BCUT2D eigenvalue weighted by Gasteiger charge is -2.34. The molecule has 5 nitrogen and oxygen atoms in total. The maximum absolute atomic E-state index is 12.7. The van der Waals surface area contributed by atoms with Crippen molar-refractivity contribution in [2.24, 2.45) is 11.3 Å². The van der Waals surface area contributed by atoms with Gasteiger partial charge in [-0.05, 0) is 80.2 Å². The number of nitrogens with one attached hydrogen (secondary N) is 1. The smallest absolute Gasteiger partial charge is 0.321 e. The van der Waals surface area contributed by atoms with Gasteiger partial charge in [0.2, 0.25) is 0 Å². The van der Waals surface area contributed by atoms with Gasteiger partial charge in [0.05, 0.1) is 18.0 Å². The van der Waals surface area contributed by atoms with E-state index in [1.54, 1.807) is 6.20 Å². The Labute approximate surface area is 198 Å². The quantitative estimate of drug-likeness (QED) is 0.568. The van der Waals surface area contributed by atoms with E-state index in [4.69, 9.17) is 4.74 Å². The van der Waals surface area contributed by atoms with Crippen molar-refractivity contribution >= 4 is 17.8 Å². The molecule has 176 valence electrons. The number of amides is 2. The molecule has 1 aliphatic carbocycles. The molecule has 2 aliphatic rings. The second-order valence-electron chi connectivity index (χ2n) is 10.5. The molecule has 2 heterocycles. The molecule has 1 aromatic heterocycles. The van der Waals surface area contributed by atoms with E-state index in [-0.39, 0.29) is 6.03 Å². The van der Waals surface area contributed by atoms with Gasteiger partial charge >= 0.3 is 6.03 Å². The summed E-state index contributed by atoms with van der Waals surface area (Å²) in [5, 5.41) is 2.96. The molecule has 2 fully saturated rings. The summed E-state index contributed by atoms with van der Waals surface area (Å²) in [5.41, 5.74) is 4.68. The molecule has 1 saturated carbocycles. The normalized spacial score (nSPS) is 22.2. The number of nitrogens with zero attached hydrogens (tertiary/aromatic N) is 2. The first-order valence-corrected chi connectivity index (χ1v) is 12.2. The Kier molecular flexibility index (Phi) is 7.06. The largest absolute Gasteiger partial charge is 0.490 e. The molecule has 1 aromatic carbocycles. The molecule has 0 bridgehead atoms. The molecular formula is C28H37N3O2. The number of carbonyl (C=O) groups is 1. The van der Waals surface area contributed by atoms with Crippen LogP contribution in [0.2, 0.25) is 0 Å². The molecule has 1 unspecified atom stereocenters. The molecule has 33 heavy (non-hydrogen) atoms. The van der Waals surface area contributed by atoms with Crippen molar-refractivity contribution in [2.45, 2.75) is 65.9 Å². The first-order chi connectivity index (χ1) is 15.8. The summed E-state index contributed by atoms with van der Waals surface area (Å²) in [6, 6.07) is 12.2. The van der Waals surface area contributed by atoms with Gasteiger partial charge in [0.1, 0.15) is 5.75 Å². The van der Waals surface area contributed by atoms with Gasteiger partial charge in [0.25, 0.3) is 0 Å². The van der Waals surface area contributed by atoms with Crippen LogP contribution in [0.5, 0.6) is 5.75 Å². The third kappa shape index (κ3) is 6.37. The predicted octanol–water partition coefficient (Wildman–Crippen LogP) is 6.69. The van der Waals surface area contributed by atoms with Gasteiger partial charge < -0.3 is 15.0 Å². The SMILES string of the molecule is Cc1ccc(NC(=O)N2CCC(=Cc3cccc(OC4CCC(C)(C)CC4)c3)C(C)C2)cn1. The molecule has 2 aromatic rings. The Bertz CT molecular complexity index is 986. The number of aryl methyl sites for hydroxylation is 1. The number of pyridine rings is 1. The molecular weight excluding hydrogens is 410 g/mol. The van der Waals surface area contributed by atoms with Crippen molar-refractivity contribution in [1.82, 2.24) is 9.88 Å². The summed E-state index contributed by atoms with van der Waals surface area (Å²) < 4.78 is 6.32. The van der Waals surface area contributed by atoms with Crippen LogP contribution in [0.4, 0.5) is 10.5 Å². The number of anilines is 1. The van der Waals surface area contributed by atoms with Crippen LogP contribution in [0, 0.1) is 18.3 Å². The van der Waals surface area contributed by atoms with Crippen LogP contribution in [-0.2, 0) is 0 Å². The van der Waals surface area contributed by atoms with Crippen LogP contribution in [-0.4, -0.2) is 35.1 Å². The van der Waals surface area contributed by atoms with Crippen molar-refractivity contribution in [3.05, 3.63) is 59.4 Å². The third-order valence-corrected chi connectivity index (χ3v) is 7.05. The highest BCUT2D eigenvalue weighted by Gasteiger charge is 2.28. The monoisotopic (exact) mass is 447 g/mol. The molecule has 0 radical (unpaired) electrons. The number of aromatic nitrogens is 1. The Morgan fingerprint density at radius 1 is 1.21 bits per heavy atom. The molecule has 4 rings (SSSR count).